The SMILES string of the molecule is CCC(CC)(CO)NS(=O)(=O)c1cc(N)cc(Cl)c1F. The van der Waals surface area contributed by atoms with Crippen molar-refractivity contribution in [3.63, 3.8) is 0 Å². The maximum Gasteiger partial charge on any atom is 0.244 e. The first-order valence-electron chi connectivity index (χ1n) is 6.10. The van der Waals surface area contributed by atoms with Crippen molar-refractivity contribution in [1.29, 1.82) is 0 Å². The van der Waals surface area contributed by atoms with Crippen LogP contribution >= 0.6 is 11.6 Å². The second-order valence-corrected chi connectivity index (χ2v) is 6.62. The fourth-order valence-electron chi connectivity index (χ4n) is 1.77. The summed E-state index contributed by atoms with van der Waals surface area (Å²) in [5.74, 6) is -1.06. The summed E-state index contributed by atoms with van der Waals surface area (Å²) in [5, 5.41) is 9.03. The number of benzene rings is 1. The van der Waals surface area contributed by atoms with Gasteiger partial charge in [-0.2, -0.15) is 0 Å². The molecule has 0 atom stereocenters. The second-order valence-electron chi connectivity index (χ2n) is 4.57. The number of rotatable bonds is 6. The van der Waals surface area contributed by atoms with Crippen LogP contribution in [0.15, 0.2) is 17.0 Å². The van der Waals surface area contributed by atoms with Crippen molar-refractivity contribution in [3.05, 3.63) is 23.0 Å². The average Bonchev–Trinajstić information content (AvgIpc) is 2.40. The topological polar surface area (TPSA) is 92.4 Å². The molecule has 0 spiro atoms. The zero-order chi connectivity index (χ0) is 15.6. The lowest BCUT2D eigenvalue weighted by atomic mass is 9.96. The lowest BCUT2D eigenvalue weighted by molar-refractivity contribution is 0.172. The molecule has 0 saturated heterocycles. The van der Waals surface area contributed by atoms with Gasteiger partial charge in [0.05, 0.1) is 17.2 Å². The number of hydrogen-bond donors (Lipinski definition) is 3. The lowest BCUT2D eigenvalue weighted by Crippen LogP contribution is -2.50. The van der Waals surface area contributed by atoms with Gasteiger partial charge in [0.15, 0.2) is 5.82 Å². The predicted octanol–water partition coefficient (Wildman–Crippen LogP) is 1.89. The Morgan fingerprint density at radius 3 is 2.40 bits per heavy atom. The summed E-state index contributed by atoms with van der Waals surface area (Å²) in [7, 11) is -4.18. The van der Waals surface area contributed by atoms with Crippen LogP contribution in [0.3, 0.4) is 0 Å². The molecule has 0 amide bonds. The van der Waals surface area contributed by atoms with E-state index < -0.39 is 32.9 Å². The van der Waals surface area contributed by atoms with Crippen LogP contribution in [0.1, 0.15) is 26.7 Å². The van der Waals surface area contributed by atoms with E-state index >= 15 is 0 Å². The van der Waals surface area contributed by atoms with E-state index in [4.69, 9.17) is 17.3 Å². The minimum atomic E-state index is -4.18. The smallest absolute Gasteiger partial charge is 0.244 e. The molecule has 114 valence electrons. The van der Waals surface area contributed by atoms with Gasteiger partial charge in [0.2, 0.25) is 10.0 Å². The van der Waals surface area contributed by atoms with Gasteiger partial charge in [0.25, 0.3) is 0 Å². The number of sulfonamides is 1. The fraction of sp³-hybridized carbons (Fsp3) is 0.500. The van der Waals surface area contributed by atoms with E-state index in [1.54, 1.807) is 13.8 Å². The van der Waals surface area contributed by atoms with E-state index in [9.17, 15) is 17.9 Å². The van der Waals surface area contributed by atoms with Crippen molar-refractivity contribution in [2.75, 3.05) is 12.3 Å². The Hall–Kier alpha value is -0.890. The van der Waals surface area contributed by atoms with Gasteiger partial charge in [0, 0.05) is 5.69 Å². The van der Waals surface area contributed by atoms with Crippen LogP contribution in [0.25, 0.3) is 0 Å². The van der Waals surface area contributed by atoms with Crippen molar-refractivity contribution in [3.8, 4) is 0 Å². The molecule has 4 N–H and O–H groups in total. The van der Waals surface area contributed by atoms with Gasteiger partial charge < -0.3 is 10.8 Å². The summed E-state index contributed by atoms with van der Waals surface area (Å²) in [6.45, 7) is 3.06. The van der Waals surface area contributed by atoms with E-state index in [0.29, 0.717) is 12.8 Å². The number of aliphatic hydroxyl groups is 1. The first-order valence-corrected chi connectivity index (χ1v) is 7.97. The monoisotopic (exact) mass is 324 g/mol. The summed E-state index contributed by atoms with van der Waals surface area (Å²) in [6, 6.07) is 2.13. The zero-order valence-electron chi connectivity index (χ0n) is 11.3. The Labute approximate surface area is 123 Å². The van der Waals surface area contributed by atoms with Crippen LogP contribution < -0.4 is 10.5 Å². The molecule has 0 aliphatic heterocycles. The molecule has 0 heterocycles. The average molecular weight is 325 g/mol. The van der Waals surface area contributed by atoms with Gasteiger partial charge in [-0.25, -0.2) is 17.5 Å². The van der Waals surface area contributed by atoms with Crippen LogP contribution in [0.2, 0.25) is 5.02 Å². The maximum atomic E-state index is 13.9. The molecule has 0 bridgehead atoms. The molecule has 5 nitrogen and oxygen atoms in total. The highest BCUT2D eigenvalue weighted by molar-refractivity contribution is 7.89. The molecule has 0 aromatic heterocycles. The van der Waals surface area contributed by atoms with Gasteiger partial charge in [-0.1, -0.05) is 25.4 Å². The molecular formula is C12H18ClFN2O3S. The normalized spacial score (nSPS) is 12.7. The highest BCUT2D eigenvalue weighted by atomic mass is 35.5. The first kappa shape index (κ1) is 17.2. The number of nitrogens with two attached hydrogens (primary N) is 1. The number of nitrogens with one attached hydrogen (secondary N) is 1. The zero-order valence-corrected chi connectivity index (χ0v) is 12.9. The lowest BCUT2D eigenvalue weighted by Gasteiger charge is -2.30. The van der Waals surface area contributed by atoms with Crippen LogP contribution in [-0.2, 0) is 10.0 Å². The van der Waals surface area contributed by atoms with Crippen molar-refractivity contribution < 1.29 is 17.9 Å². The Morgan fingerprint density at radius 2 is 1.95 bits per heavy atom. The third kappa shape index (κ3) is 3.41. The Kier molecular flexibility index (Phi) is 5.37. The van der Waals surface area contributed by atoms with Gasteiger partial charge in [-0.15, -0.1) is 0 Å². The number of anilines is 1. The summed E-state index contributed by atoms with van der Waals surface area (Å²) in [4.78, 5) is -0.623. The minimum Gasteiger partial charge on any atom is -0.399 e. The summed E-state index contributed by atoms with van der Waals surface area (Å²) in [6.07, 6.45) is 0.716. The highest BCUT2D eigenvalue weighted by Gasteiger charge is 2.33. The molecule has 0 unspecified atom stereocenters. The standard InChI is InChI=1S/C12H18ClFN2O3S/c1-3-12(4-2,7-17)16-20(18,19)10-6-8(15)5-9(13)11(10)14/h5-6,16-17H,3-4,7,15H2,1-2H3. The van der Waals surface area contributed by atoms with Crippen molar-refractivity contribution in [2.45, 2.75) is 37.1 Å². The maximum absolute atomic E-state index is 13.9. The van der Waals surface area contributed by atoms with Gasteiger partial charge >= 0.3 is 0 Å². The molecular weight excluding hydrogens is 307 g/mol. The summed E-state index contributed by atoms with van der Waals surface area (Å²) < 4.78 is 40.8. The second kappa shape index (κ2) is 6.26. The number of aliphatic hydroxyl groups excluding tert-OH is 1. The van der Waals surface area contributed by atoms with E-state index in [1.165, 1.54) is 0 Å². The molecule has 0 aliphatic rings. The third-order valence-corrected chi connectivity index (χ3v) is 5.17. The molecule has 0 aliphatic carbocycles. The molecule has 1 rings (SSSR count). The minimum absolute atomic E-state index is 0.0411. The molecule has 0 saturated carbocycles. The van der Waals surface area contributed by atoms with E-state index in [1.807, 2.05) is 0 Å². The van der Waals surface area contributed by atoms with E-state index in [0.717, 1.165) is 12.1 Å². The van der Waals surface area contributed by atoms with E-state index in [-0.39, 0.29) is 10.7 Å². The molecule has 8 heteroatoms. The quantitative estimate of drug-likeness (QED) is 0.697. The first-order chi connectivity index (χ1) is 9.21. The predicted molar refractivity (Wildman–Crippen MR) is 76.5 cm³/mol. The number of hydrogen-bond acceptors (Lipinski definition) is 4. The van der Waals surface area contributed by atoms with Crippen LogP contribution in [0.4, 0.5) is 10.1 Å². The largest absolute Gasteiger partial charge is 0.399 e. The van der Waals surface area contributed by atoms with Gasteiger partial charge in [0.1, 0.15) is 4.90 Å². The van der Waals surface area contributed by atoms with Crippen molar-refractivity contribution in [2.24, 2.45) is 0 Å². The molecule has 0 radical (unpaired) electrons. The van der Waals surface area contributed by atoms with Crippen molar-refractivity contribution >= 4 is 27.3 Å². The van der Waals surface area contributed by atoms with Crippen molar-refractivity contribution in [1.82, 2.24) is 4.72 Å². The van der Waals surface area contributed by atoms with Crippen LogP contribution in [-0.4, -0.2) is 25.7 Å². The molecule has 1 aromatic rings. The summed E-state index contributed by atoms with van der Waals surface area (Å²) >= 11 is 5.60. The summed E-state index contributed by atoms with van der Waals surface area (Å²) in [5.41, 5.74) is 4.50. The number of halogens is 2. The van der Waals surface area contributed by atoms with Crippen LogP contribution in [0, 0.1) is 5.82 Å². The molecule has 20 heavy (non-hydrogen) atoms. The van der Waals surface area contributed by atoms with Gasteiger partial charge in [-0.3, -0.25) is 0 Å². The fourth-order valence-corrected chi connectivity index (χ4v) is 3.72. The number of nitrogen functional groups attached to an aromatic ring is 1. The molecule has 1 aromatic carbocycles. The molecule has 0 fully saturated rings. The van der Waals surface area contributed by atoms with Crippen LogP contribution in [0.5, 0.6) is 0 Å². The highest BCUT2D eigenvalue weighted by Crippen LogP contribution is 2.27. The third-order valence-electron chi connectivity index (χ3n) is 3.31. The Balaban J connectivity index is 3.31. The Bertz CT molecular complexity index is 580. The van der Waals surface area contributed by atoms with Gasteiger partial charge in [-0.05, 0) is 25.0 Å². The Morgan fingerprint density at radius 1 is 1.40 bits per heavy atom. The van der Waals surface area contributed by atoms with E-state index in [2.05, 4.69) is 4.72 Å².